The Kier molecular flexibility index (Phi) is 6.14. The van der Waals surface area contributed by atoms with Gasteiger partial charge in [-0.05, 0) is 18.8 Å². The minimum absolute atomic E-state index is 0.282. The van der Waals surface area contributed by atoms with Crippen molar-refractivity contribution in [3.05, 3.63) is 0 Å². The van der Waals surface area contributed by atoms with Gasteiger partial charge in [0.25, 0.3) is 0 Å². The minimum atomic E-state index is 0.282. The summed E-state index contributed by atoms with van der Waals surface area (Å²) in [5.74, 6) is 0.525. The van der Waals surface area contributed by atoms with E-state index in [4.69, 9.17) is 16.3 Å². The molecule has 0 saturated heterocycles. The molecule has 0 aromatic rings. The molecule has 0 saturated carbocycles. The molecular formula is C8H17ClO. The average Bonchev–Trinajstić information content (AvgIpc) is 1.99. The molecule has 0 fully saturated rings. The lowest BCUT2D eigenvalue weighted by Crippen LogP contribution is -2.18. The second-order valence-corrected chi connectivity index (χ2v) is 3.11. The van der Waals surface area contributed by atoms with Crippen molar-refractivity contribution in [2.45, 2.75) is 32.1 Å². The molecule has 0 aromatic heterocycles. The van der Waals surface area contributed by atoms with Crippen LogP contribution < -0.4 is 0 Å². The summed E-state index contributed by atoms with van der Waals surface area (Å²) in [6, 6.07) is 0. The minimum Gasteiger partial charge on any atom is -0.384 e. The molecule has 0 spiro atoms. The molecule has 0 heterocycles. The van der Waals surface area contributed by atoms with Gasteiger partial charge in [0.15, 0.2) is 0 Å². The topological polar surface area (TPSA) is 9.23 Å². The highest BCUT2D eigenvalue weighted by atomic mass is 35.5. The maximum atomic E-state index is 6.03. The van der Waals surface area contributed by atoms with Gasteiger partial charge in [0, 0.05) is 12.5 Å². The molecular weight excluding hydrogens is 148 g/mol. The Morgan fingerprint density at radius 2 is 1.90 bits per heavy atom. The van der Waals surface area contributed by atoms with Crippen LogP contribution in [0, 0.1) is 5.92 Å². The van der Waals surface area contributed by atoms with E-state index in [9.17, 15) is 0 Å². The van der Waals surface area contributed by atoms with Gasteiger partial charge in [0.2, 0.25) is 0 Å². The standard InChI is InChI=1S/C8H17ClO/c1-4-7(6-10-3)8(9)5-2/h7-8H,4-6H2,1-3H3. The maximum Gasteiger partial charge on any atom is 0.0504 e. The van der Waals surface area contributed by atoms with Crippen molar-refractivity contribution in [2.75, 3.05) is 13.7 Å². The van der Waals surface area contributed by atoms with Crippen molar-refractivity contribution in [2.24, 2.45) is 5.92 Å². The van der Waals surface area contributed by atoms with Crippen LogP contribution in [-0.2, 0) is 4.74 Å². The fraction of sp³-hybridized carbons (Fsp3) is 1.00. The Hall–Kier alpha value is 0.250. The van der Waals surface area contributed by atoms with Gasteiger partial charge in [0.05, 0.1) is 6.61 Å². The zero-order valence-corrected chi connectivity index (χ0v) is 7.82. The summed E-state index contributed by atoms with van der Waals surface area (Å²) in [4.78, 5) is 0. The van der Waals surface area contributed by atoms with Gasteiger partial charge >= 0.3 is 0 Å². The fourth-order valence-corrected chi connectivity index (χ4v) is 1.28. The smallest absolute Gasteiger partial charge is 0.0504 e. The van der Waals surface area contributed by atoms with E-state index in [1.165, 1.54) is 0 Å². The van der Waals surface area contributed by atoms with Crippen LogP contribution in [0.2, 0.25) is 0 Å². The quantitative estimate of drug-likeness (QED) is 0.568. The Morgan fingerprint density at radius 1 is 1.30 bits per heavy atom. The highest BCUT2D eigenvalue weighted by molar-refractivity contribution is 6.20. The molecule has 1 nitrogen and oxygen atoms in total. The predicted octanol–water partition coefficient (Wildman–Crippen LogP) is 2.68. The molecule has 0 amide bonds. The van der Waals surface area contributed by atoms with Crippen LogP contribution in [0.4, 0.5) is 0 Å². The summed E-state index contributed by atoms with van der Waals surface area (Å²) in [7, 11) is 1.72. The first kappa shape index (κ1) is 10.2. The first-order valence-corrected chi connectivity index (χ1v) is 4.32. The molecule has 0 rings (SSSR count). The SMILES string of the molecule is CCC(Cl)C(CC)COC. The lowest BCUT2D eigenvalue weighted by Gasteiger charge is -2.17. The highest BCUT2D eigenvalue weighted by Gasteiger charge is 2.14. The lowest BCUT2D eigenvalue weighted by atomic mass is 10.0. The molecule has 0 radical (unpaired) electrons. The molecule has 0 aliphatic heterocycles. The first-order chi connectivity index (χ1) is 4.76. The van der Waals surface area contributed by atoms with Crippen molar-refractivity contribution >= 4 is 11.6 Å². The van der Waals surface area contributed by atoms with Crippen molar-refractivity contribution in [3.63, 3.8) is 0 Å². The molecule has 0 aromatic carbocycles. The Bertz CT molecular complexity index is 75.7. The Morgan fingerprint density at radius 3 is 2.20 bits per heavy atom. The van der Waals surface area contributed by atoms with Gasteiger partial charge in [-0.1, -0.05) is 13.8 Å². The summed E-state index contributed by atoms with van der Waals surface area (Å²) in [6.07, 6.45) is 2.14. The maximum absolute atomic E-state index is 6.03. The molecule has 0 aliphatic rings. The van der Waals surface area contributed by atoms with Crippen molar-refractivity contribution in [1.82, 2.24) is 0 Å². The van der Waals surface area contributed by atoms with Crippen LogP contribution in [0.25, 0.3) is 0 Å². The predicted molar refractivity (Wildman–Crippen MR) is 45.6 cm³/mol. The number of halogens is 1. The van der Waals surface area contributed by atoms with Crippen LogP contribution in [0.5, 0.6) is 0 Å². The zero-order chi connectivity index (χ0) is 7.98. The third-order valence-electron chi connectivity index (χ3n) is 1.81. The van der Waals surface area contributed by atoms with Crippen molar-refractivity contribution < 1.29 is 4.74 Å². The molecule has 2 unspecified atom stereocenters. The third-order valence-corrected chi connectivity index (χ3v) is 2.47. The van der Waals surface area contributed by atoms with Crippen LogP contribution >= 0.6 is 11.6 Å². The van der Waals surface area contributed by atoms with Crippen LogP contribution in [0.3, 0.4) is 0 Å². The van der Waals surface area contributed by atoms with E-state index < -0.39 is 0 Å². The molecule has 0 bridgehead atoms. The Balaban J connectivity index is 3.56. The monoisotopic (exact) mass is 164 g/mol. The van der Waals surface area contributed by atoms with Crippen molar-refractivity contribution in [3.8, 4) is 0 Å². The zero-order valence-electron chi connectivity index (χ0n) is 7.06. The summed E-state index contributed by atoms with van der Waals surface area (Å²) in [5, 5.41) is 0.282. The van der Waals surface area contributed by atoms with Gasteiger partial charge in [-0.2, -0.15) is 0 Å². The summed E-state index contributed by atoms with van der Waals surface area (Å²) < 4.78 is 5.03. The molecule has 2 heteroatoms. The summed E-state index contributed by atoms with van der Waals surface area (Å²) in [5.41, 5.74) is 0. The van der Waals surface area contributed by atoms with Crippen LogP contribution in [0.15, 0.2) is 0 Å². The van der Waals surface area contributed by atoms with Gasteiger partial charge in [-0.25, -0.2) is 0 Å². The van der Waals surface area contributed by atoms with Gasteiger partial charge < -0.3 is 4.74 Å². The largest absolute Gasteiger partial charge is 0.384 e. The summed E-state index contributed by atoms with van der Waals surface area (Å²) in [6.45, 7) is 5.04. The molecule has 0 N–H and O–H groups in total. The normalized spacial score (nSPS) is 16.8. The molecule has 62 valence electrons. The van der Waals surface area contributed by atoms with E-state index in [1.807, 2.05) is 0 Å². The molecule has 0 aliphatic carbocycles. The number of hydrogen-bond acceptors (Lipinski definition) is 1. The van der Waals surface area contributed by atoms with Crippen LogP contribution in [0.1, 0.15) is 26.7 Å². The number of methoxy groups -OCH3 is 1. The van der Waals surface area contributed by atoms with Crippen molar-refractivity contribution in [1.29, 1.82) is 0 Å². The molecule has 2 atom stereocenters. The van der Waals surface area contributed by atoms with E-state index in [1.54, 1.807) is 7.11 Å². The second-order valence-electron chi connectivity index (χ2n) is 2.55. The lowest BCUT2D eigenvalue weighted by molar-refractivity contribution is 0.147. The first-order valence-electron chi connectivity index (χ1n) is 3.89. The summed E-state index contributed by atoms with van der Waals surface area (Å²) >= 11 is 6.03. The van der Waals surface area contributed by atoms with E-state index in [2.05, 4.69) is 13.8 Å². The van der Waals surface area contributed by atoms with Gasteiger partial charge in [0.1, 0.15) is 0 Å². The van der Waals surface area contributed by atoms with Gasteiger partial charge in [-0.15, -0.1) is 11.6 Å². The Labute approximate surface area is 68.7 Å². The van der Waals surface area contributed by atoms with E-state index in [0.29, 0.717) is 5.92 Å². The van der Waals surface area contributed by atoms with E-state index in [-0.39, 0.29) is 5.38 Å². The highest BCUT2D eigenvalue weighted by Crippen LogP contribution is 2.17. The fourth-order valence-electron chi connectivity index (χ4n) is 1.03. The van der Waals surface area contributed by atoms with Crippen LogP contribution in [-0.4, -0.2) is 19.1 Å². The molecule has 10 heavy (non-hydrogen) atoms. The number of hydrogen-bond donors (Lipinski definition) is 0. The third kappa shape index (κ3) is 3.43. The van der Waals surface area contributed by atoms with E-state index in [0.717, 1.165) is 19.4 Å². The number of ether oxygens (including phenoxy) is 1. The van der Waals surface area contributed by atoms with Gasteiger partial charge in [-0.3, -0.25) is 0 Å². The number of alkyl halides is 1. The number of rotatable bonds is 5. The van der Waals surface area contributed by atoms with E-state index >= 15 is 0 Å². The average molecular weight is 165 g/mol. The second kappa shape index (κ2) is 5.99.